The summed E-state index contributed by atoms with van der Waals surface area (Å²) in [6, 6.07) is 7.48. The lowest BCUT2D eigenvalue weighted by atomic mass is 10.1. The van der Waals surface area contributed by atoms with Gasteiger partial charge >= 0.3 is 0 Å². The minimum absolute atomic E-state index is 0.458. The molecule has 0 saturated carbocycles. The molecular weight excluding hydrogens is 274 g/mol. The molecule has 2 N–H and O–H groups in total. The maximum absolute atomic E-state index is 10.3. The number of hydrogen-bond acceptors (Lipinski definition) is 5. The van der Waals surface area contributed by atoms with Crippen molar-refractivity contribution in [3.05, 3.63) is 46.2 Å². The Morgan fingerprint density at radius 3 is 2.75 bits per heavy atom. The summed E-state index contributed by atoms with van der Waals surface area (Å²) in [7, 11) is 3.20. The highest BCUT2D eigenvalue weighted by Crippen LogP contribution is 2.29. The van der Waals surface area contributed by atoms with Crippen molar-refractivity contribution in [1.29, 1.82) is 0 Å². The van der Waals surface area contributed by atoms with E-state index in [-0.39, 0.29) is 0 Å². The standard InChI is InChI=1S/C15H19NO3S/c1-18-12-3-4-15(19-2)13(7-12)14(17)9-16-8-11-5-6-20-10-11/h3-7,10,14,16-17H,8-9H2,1-2H3. The SMILES string of the molecule is COc1ccc(OC)c(C(O)CNCc2ccsc2)c1. The van der Waals surface area contributed by atoms with E-state index in [0.717, 1.165) is 12.1 Å². The van der Waals surface area contributed by atoms with Crippen LogP contribution in [0.4, 0.5) is 0 Å². The van der Waals surface area contributed by atoms with Gasteiger partial charge in [-0.3, -0.25) is 0 Å². The number of rotatable bonds is 7. The van der Waals surface area contributed by atoms with Crippen molar-refractivity contribution in [2.75, 3.05) is 20.8 Å². The number of ether oxygens (including phenoxy) is 2. The molecule has 4 nitrogen and oxygen atoms in total. The molecule has 5 heteroatoms. The summed E-state index contributed by atoms with van der Waals surface area (Å²) in [6.45, 7) is 1.20. The Labute approximate surface area is 123 Å². The zero-order valence-corrected chi connectivity index (χ0v) is 12.4. The predicted octanol–water partition coefficient (Wildman–Crippen LogP) is 2.59. The van der Waals surface area contributed by atoms with Crippen LogP contribution in [-0.4, -0.2) is 25.9 Å². The van der Waals surface area contributed by atoms with Gasteiger partial charge in [0.25, 0.3) is 0 Å². The molecule has 0 fully saturated rings. The highest BCUT2D eigenvalue weighted by molar-refractivity contribution is 7.07. The first-order chi connectivity index (χ1) is 9.74. The van der Waals surface area contributed by atoms with Crippen LogP contribution in [-0.2, 0) is 6.54 Å². The maximum atomic E-state index is 10.3. The number of methoxy groups -OCH3 is 2. The van der Waals surface area contributed by atoms with Crippen LogP contribution in [0.15, 0.2) is 35.0 Å². The molecule has 20 heavy (non-hydrogen) atoms. The highest BCUT2D eigenvalue weighted by Gasteiger charge is 2.14. The number of hydrogen-bond donors (Lipinski definition) is 2. The fourth-order valence-corrected chi connectivity index (χ4v) is 2.62. The third kappa shape index (κ3) is 3.72. The number of aliphatic hydroxyl groups is 1. The molecule has 1 aromatic carbocycles. The Hall–Kier alpha value is -1.56. The molecule has 0 amide bonds. The summed E-state index contributed by atoms with van der Waals surface area (Å²) in [6.07, 6.45) is -0.640. The largest absolute Gasteiger partial charge is 0.497 e. The third-order valence-electron chi connectivity index (χ3n) is 3.04. The maximum Gasteiger partial charge on any atom is 0.124 e. The van der Waals surface area contributed by atoms with Crippen LogP contribution in [0.5, 0.6) is 11.5 Å². The van der Waals surface area contributed by atoms with Gasteiger partial charge in [0.1, 0.15) is 11.5 Å². The molecule has 2 aromatic rings. The van der Waals surface area contributed by atoms with Crippen molar-refractivity contribution < 1.29 is 14.6 Å². The van der Waals surface area contributed by atoms with Crippen LogP contribution in [0.1, 0.15) is 17.2 Å². The summed E-state index contributed by atoms with van der Waals surface area (Å²) < 4.78 is 10.5. The Morgan fingerprint density at radius 1 is 1.25 bits per heavy atom. The molecule has 0 bridgehead atoms. The molecular formula is C15H19NO3S. The van der Waals surface area contributed by atoms with Gasteiger partial charge in [-0.25, -0.2) is 0 Å². The lowest BCUT2D eigenvalue weighted by Gasteiger charge is -2.16. The molecule has 2 rings (SSSR count). The molecule has 0 spiro atoms. The van der Waals surface area contributed by atoms with E-state index in [1.54, 1.807) is 37.7 Å². The Bertz CT molecular complexity index is 528. The van der Waals surface area contributed by atoms with E-state index in [1.807, 2.05) is 11.4 Å². The third-order valence-corrected chi connectivity index (χ3v) is 3.77. The first-order valence-electron chi connectivity index (χ1n) is 6.36. The number of benzene rings is 1. The quantitative estimate of drug-likeness (QED) is 0.824. The van der Waals surface area contributed by atoms with Gasteiger partial charge in [0.05, 0.1) is 20.3 Å². The smallest absolute Gasteiger partial charge is 0.124 e. The second kappa shape index (κ2) is 7.28. The fourth-order valence-electron chi connectivity index (χ4n) is 1.96. The van der Waals surface area contributed by atoms with E-state index in [2.05, 4.69) is 16.8 Å². The highest BCUT2D eigenvalue weighted by atomic mass is 32.1. The van der Waals surface area contributed by atoms with Gasteiger partial charge < -0.3 is 19.9 Å². The van der Waals surface area contributed by atoms with Gasteiger partial charge in [-0.05, 0) is 40.6 Å². The summed E-state index contributed by atoms with van der Waals surface area (Å²) in [5.74, 6) is 1.37. The van der Waals surface area contributed by atoms with Crippen LogP contribution in [0, 0.1) is 0 Å². The van der Waals surface area contributed by atoms with Crippen LogP contribution in [0.3, 0.4) is 0 Å². The lowest BCUT2D eigenvalue weighted by Crippen LogP contribution is -2.21. The van der Waals surface area contributed by atoms with Crippen LogP contribution >= 0.6 is 11.3 Å². The first-order valence-corrected chi connectivity index (χ1v) is 7.30. The topological polar surface area (TPSA) is 50.7 Å². The Kier molecular flexibility index (Phi) is 5.40. The average Bonchev–Trinajstić information content (AvgIpc) is 2.99. The van der Waals surface area contributed by atoms with E-state index in [4.69, 9.17) is 9.47 Å². The molecule has 0 aliphatic heterocycles. The van der Waals surface area contributed by atoms with E-state index < -0.39 is 6.10 Å². The van der Waals surface area contributed by atoms with Gasteiger partial charge in [0, 0.05) is 18.7 Å². The summed E-state index contributed by atoms with van der Waals surface area (Å²) in [5.41, 5.74) is 1.95. The number of nitrogens with one attached hydrogen (secondary N) is 1. The van der Waals surface area contributed by atoms with Gasteiger partial charge in [-0.1, -0.05) is 0 Å². The monoisotopic (exact) mass is 293 g/mol. The summed E-state index contributed by atoms with van der Waals surface area (Å²) in [5, 5.41) is 17.6. The molecule has 0 radical (unpaired) electrons. The number of thiophene rings is 1. The Balaban J connectivity index is 1.98. The Morgan fingerprint density at radius 2 is 2.10 bits per heavy atom. The van der Waals surface area contributed by atoms with Crippen LogP contribution < -0.4 is 14.8 Å². The van der Waals surface area contributed by atoms with Gasteiger partial charge in [-0.15, -0.1) is 0 Å². The minimum atomic E-state index is -0.640. The van der Waals surface area contributed by atoms with Gasteiger partial charge in [0.2, 0.25) is 0 Å². The number of aliphatic hydroxyl groups excluding tert-OH is 1. The van der Waals surface area contributed by atoms with E-state index >= 15 is 0 Å². The van der Waals surface area contributed by atoms with Crippen molar-refractivity contribution in [1.82, 2.24) is 5.32 Å². The van der Waals surface area contributed by atoms with Gasteiger partial charge in [0.15, 0.2) is 0 Å². The molecule has 0 aliphatic carbocycles. The molecule has 0 aliphatic rings. The summed E-state index contributed by atoms with van der Waals surface area (Å²) in [4.78, 5) is 0. The molecule has 1 aromatic heterocycles. The molecule has 0 saturated heterocycles. The van der Waals surface area contributed by atoms with Crippen molar-refractivity contribution >= 4 is 11.3 Å². The van der Waals surface area contributed by atoms with Crippen molar-refractivity contribution in [3.63, 3.8) is 0 Å². The van der Waals surface area contributed by atoms with Gasteiger partial charge in [-0.2, -0.15) is 11.3 Å². The zero-order chi connectivity index (χ0) is 14.4. The first kappa shape index (κ1) is 14.8. The van der Waals surface area contributed by atoms with E-state index in [0.29, 0.717) is 18.0 Å². The molecule has 108 valence electrons. The second-order valence-electron chi connectivity index (χ2n) is 4.39. The predicted molar refractivity (Wildman–Crippen MR) is 80.5 cm³/mol. The van der Waals surface area contributed by atoms with Crippen LogP contribution in [0.2, 0.25) is 0 Å². The van der Waals surface area contributed by atoms with Crippen molar-refractivity contribution in [2.24, 2.45) is 0 Å². The van der Waals surface area contributed by atoms with Crippen molar-refractivity contribution in [3.8, 4) is 11.5 Å². The lowest BCUT2D eigenvalue weighted by molar-refractivity contribution is 0.169. The van der Waals surface area contributed by atoms with E-state index in [1.165, 1.54) is 5.56 Å². The van der Waals surface area contributed by atoms with Crippen molar-refractivity contribution in [2.45, 2.75) is 12.6 Å². The molecule has 1 unspecified atom stereocenters. The fraction of sp³-hybridized carbons (Fsp3) is 0.333. The zero-order valence-electron chi connectivity index (χ0n) is 11.6. The molecule has 1 atom stereocenters. The second-order valence-corrected chi connectivity index (χ2v) is 5.17. The summed E-state index contributed by atoms with van der Waals surface area (Å²) >= 11 is 1.67. The minimum Gasteiger partial charge on any atom is -0.497 e. The van der Waals surface area contributed by atoms with E-state index in [9.17, 15) is 5.11 Å². The van der Waals surface area contributed by atoms with Crippen LogP contribution in [0.25, 0.3) is 0 Å². The average molecular weight is 293 g/mol. The molecule has 1 heterocycles. The normalized spacial score (nSPS) is 12.2.